The van der Waals surface area contributed by atoms with E-state index in [9.17, 15) is 9.59 Å². The molecule has 0 spiro atoms. The number of ketones is 1. The van der Waals surface area contributed by atoms with Crippen molar-refractivity contribution in [3.63, 3.8) is 0 Å². The van der Waals surface area contributed by atoms with Gasteiger partial charge >= 0.3 is 6.09 Å². The molecule has 0 saturated carbocycles. The minimum atomic E-state index is -0.478. The van der Waals surface area contributed by atoms with E-state index in [-0.39, 0.29) is 12.4 Å². The fourth-order valence-corrected chi connectivity index (χ4v) is 1.86. The van der Waals surface area contributed by atoms with Crippen molar-refractivity contribution >= 4 is 17.6 Å². The first-order chi connectivity index (χ1) is 9.60. The van der Waals surface area contributed by atoms with Crippen molar-refractivity contribution in [3.05, 3.63) is 24.3 Å². The smallest absolute Gasteiger partial charge is 0.414 e. The number of anilines is 1. The molecule has 1 amide bonds. The molecule has 1 aromatic rings. The van der Waals surface area contributed by atoms with Crippen LogP contribution in [0.4, 0.5) is 10.5 Å². The number of aliphatic hydroxyl groups excluding tert-OH is 1. The van der Waals surface area contributed by atoms with Gasteiger partial charge in [0, 0.05) is 12.1 Å². The van der Waals surface area contributed by atoms with E-state index in [1.807, 2.05) is 0 Å². The van der Waals surface area contributed by atoms with Gasteiger partial charge in [-0.1, -0.05) is 0 Å². The van der Waals surface area contributed by atoms with Crippen LogP contribution in [0.1, 0.15) is 13.3 Å². The Morgan fingerprint density at radius 2 is 2.15 bits per heavy atom. The van der Waals surface area contributed by atoms with Crippen LogP contribution in [0.5, 0.6) is 5.75 Å². The summed E-state index contributed by atoms with van der Waals surface area (Å²) in [4.78, 5) is 23.9. The van der Waals surface area contributed by atoms with Crippen LogP contribution in [0.15, 0.2) is 24.3 Å². The van der Waals surface area contributed by atoms with Gasteiger partial charge < -0.3 is 14.6 Å². The first kappa shape index (κ1) is 14.3. The highest BCUT2D eigenvalue weighted by Gasteiger charge is 2.31. The highest BCUT2D eigenvalue weighted by atomic mass is 16.6. The molecule has 1 aliphatic heterocycles. The highest BCUT2D eigenvalue weighted by molar-refractivity contribution is 5.89. The van der Waals surface area contributed by atoms with E-state index in [2.05, 4.69) is 0 Å². The SMILES string of the molecule is CC(=O)CCOc1ccc(N2CC(CO)OC2=O)cc1. The number of benzene rings is 1. The van der Waals surface area contributed by atoms with Crippen LogP contribution < -0.4 is 9.64 Å². The number of nitrogens with zero attached hydrogens (tertiary/aromatic N) is 1. The predicted molar refractivity (Wildman–Crippen MR) is 71.9 cm³/mol. The van der Waals surface area contributed by atoms with E-state index in [4.69, 9.17) is 14.6 Å². The lowest BCUT2D eigenvalue weighted by Gasteiger charge is -2.13. The zero-order chi connectivity index (χ0) is 14.5. The maximum atomic E-state index is 11.6. The molecule has 108 valence electrons. The van der Waals surface area contributed by atoms with Crippen LogP contribution in [-0.4, -0.2) is 42.8 Å². The number of ether oxygens (including phenoxy) is 2. The van der Waals surface area contributed by atoms with Crippen molar-refractivity contribution in [1.29, 1.82) is 0 Å². The lowest BCUT2D eigenvalue weighted by molar-refractivity contribution is -0.117. The maximum Gasteiger partial charge on any atom is 0.414 e. The zero-order valence-corrected chi connectivity index (χ0v) is 11.2. The number of carbonyl (C=O) groups excluding carboxylic acids is 2. The number of Topliss-reactive ketones (excluding diaryl/α,β-unsaturated/α-hetero) is 1. The third-order valence-electron chi connectivity index (χ3n) is 2.95. The zero-order valence-electron chi connectivity index (χ0n) is 11.2. The van der Waals surface area contributed by atoms with Crippen molar-refractivity contribution in [2.45, 2.75) is 19.4 Å². The summed E-state index contributed by atoms with van der Waals surface area (Å²) in [7, 11) is 0. The van der Waals surface area contributed by atoms with E-state index >= 15 is 0 Å². The first-order valence-electron chi connectivity index (χ1n) is 6.41. The molecule has 1 N–H and O–H groups in total. The number of aliphatic hydroxyl groups is 1. The van der Waals surface area contributed by atoms with Gasteiger partial charge in [-0.3, -0.25) is 9.69 Å². The van der Waals surface area contributed by atoms with Gasteiger partial charge in [0.15, 0.2) is 0 Å². The number of hydrogen-bond donors (Lipinski definition) is 1. The standard InChI is InChI=1S/C14H17NO5/c1-10(17)6-7-19-12-4-2-11(3-5-12)15-8-13(9-16)20-14(15)18/h2-5,13,16H,6-9H2,1H3. The monoisotopic (exact) mass is 279 g/mol. The van der Waals surface area contributed by atoms with Gasteiger partial charge in [-0.15, -0.1) is 0 Å². The molecule has 1 heterocycles. The van der Waals surface area contributed by atoms with Gasteiger partial charge in [0.1, 0.15) is 17.6 Å². The van der Waals surface area contributed by atoms with E-state index in [0.717, 1.165) is 0 Å². The average Bonchev–Trinajstić information content (AvgIpc) is 2.80. The lowest BCUT2D eigenvalue weighted by Crippen LogP contribution is -2.25. The summed E-state index contributed by atoms with van der Waals surface area (Å²) in [5.41, 5.74) is 0.685. The number of amides is 1. The second kappa shape index (κ2) is 6.38. The minimum absolute atomic E-state index is 0.0801. The molecule has 0 aliphatic carbocycles. The molecular formula is C14H17NO5. The molecule has 1 aromatic carbocycles. The quantitative estimate of drug-likeness (QED) is 0.851. The predicted octanol–water partition coefficient (Wildman–Crippen LogP) is 1.36. The minimum Gasteiger partial charge on any atom is -0.493 e. The van der Waals surface area contributed by atoms with Crippen LogP contribution in [0.2, 0.25) is 0 Å². The molecule has 6 nitrogen and oxygen atoms in total. The van der Waals surface area contributed by atoms with Gasteiger partial charge in [-0.05, 0) is 31.2 Å². The summed E-state index contributed by atoms with van der Waals surface area (Å²) in [6, 6.07) is 6.94. The molecule has 1 aliphatic rings. The van der Waals surface area contributed by atoms with Crippen molar-refractivity contribution in [3.8, 4) is 5.75 Å². The second-order valence-corrected chi connectivity index (χ2v) is 4.59. The topological polar surface area (TPSA) is 76.1 Å². The van der Waals surface area contributed by atoms with E-state index in [1.165, 1.54) is 11.8 Å². The van der Waals surface area contributed by atoms with Gasteiger partial charge in [0.05, 0.1) is 19.8 Å². The molecular weight excluding hydrogens is 262 g/mol. The Bertz CT molecular complexity index is 485. The summed E-state index contributed by atoms with van der Waals surface area (Å²) in [5.74, 6) is 0.720. The van der Waals surface area contributed by atoms with Crippen molar-refractivity contribution in [1.82, 2.24) is 0 Å². The van der Waals surface area contributed by atoms with Crippen LogP contribution in [0, 0.1) is 0 Å². The Labute approximate surface area is 116 Å². The summed E-state index contributed by atoms with van der Waals surface area (Å²) < 4.78 is 10.4. The van der Waals surface area contributed by atoms with Crippen LogP contribution in [0.25, 0.3) is 0 Å². The number of cyclic esters (lactones) is 1. The fourth-order valence-electron chi connectivity index (χ4n) is 1.86. The molecule has 0 bridgehead atoms. The Hall–Kier alpha value is -2.08. The molecule has 1 atom stereocenters. The summed E-state index contributed by atoms with van der Waals surface area (Å²) in [6.45, 7) is 2.00. The van der Waals surface area contributed by atoms with Crippen molar-refractivity contribution in [2.24, 2.45) is 0 Å². The van der Waals surface area contributed by atoms with Gasteiger partial charge in [0.2, 0.25) is 0 Å². The van der Waals surface area contributed by atoms with Crippen LogP contribution in [-0.2, 0) is 9.53 Å². The lowest BCUT2D eigenvalue weighted by atomic mass is 10.2. The molecule has 1 unspecified atom stereocenters. The normalized spacial score (nSPS) is 18.0. The Morgan fingerprint density at radius 3 is 2.70 bits per heavy atom. The van der Waals surface area contributed by atoms with Crippen LogP contribution in [0.3, 0.4) is 0 Å². The first-order valence-corrected chi connectivity index (χ1v) is 6.41. The molecule has 0 aromatic heterocycles. The average molecular weight is 279 g/mol. The summed E-state index contributed by atoms with van der Waals surface area (Å²) >= 11 is 0. The van der Waals surface area contributed by atoms with Gasteiger partial charge in [-0.25, -0.2) is 4.79 Å². The maximum absolute atomic E-state index is 11.6. The summed E-state index contributed by atoms with van der Waals surface area (Å²) in [6.07, 6.45) is -0.568. The Morgan fingerprint density at radius 1 is 1.45 bits per heavy atom. The number of carbonyl (C=O) groups is 2. The molecule has 1 fully saturated rings. The van der Waals surface area contributed by atoms with Gasteiger partial charge in [-0.2, -0.15) is 0 Å². The third kappa shape index (κ3) is 3.48. The Kier molecular flexibility index (Phi) is 4.57. The molecule has 20 heavy (non-hydrogen) atoms. The summed E-state index contributed by atoms with van der Waals surface area (Å²) in [5, 5.41) is 8.98. The van der Waals surface area contributed by atoms with E-state index in [1.54, 1.807) is 24.3 Å². The van der Waals surface area contributed by atoms with E-state index in [0.29, 0.717) is 31.0 Å². The van der Waals surface area contributed by atoms with Crippen molar-refractivity contribution in [2.75, 3.05) is 24.7 Å². The fraction of sp³-hybridized carbons (Fsp3) is 0.429. The number of hydrogen-bond acceptors (Lipinski definition) is 5. The molecule has 6 heteroatoms. The van der Waals surface area contributed by atoms with Gasteiger partial charge in [0.25, 0.3) is 0 Å². The second-order valence-electron chi connectivity index (χ2n) is 4.59. The third-order valence-corrected chi connectivity index (χ3v) is 2.95. The molecule has 0 radical (unpaired) electrons. The number of rotatable bonds is 6. The van der Waals surface area contributed by atoms with Crippen LogP contribution >= 0.6 is 0 Å². The Balaban J connectivity index is 1.94. The van der Waals surface area contributed by atoms with E-state index < -0.39 is 12.2 Å². The van der Waals surface area contributed by atoms with Crippen molar-refractivity contribution < 1.29 is 24.2 Å². The highest BCUT2D eigenvalue weighted by Crippen LogP contribution is 2.24. The molecule has 2 rings (SSSR count). The molecule has 1 saturated heterocycles. The largest absolute Gasteiger partial charge is 0.493 e.